The van der Waals surface area contributed by atoms with Gasteiger partial charge in [-0.3, -0.25) is 14.6 Å². The number of alkyl halides is 3. The highest BCUT2D eigenvalue weighted by molar-refractivity contribution is 5.82. The monoisotopic (exact) mass is 431 g/mol. The topological polar surface area (TPSA) is 35.6 Å². The summed E-state index contributed by atoms with van der Waals surface area (Å²) in [6.07, 6.45) is -3.62. The van der Waals surface area contributed by atoms with Gasteiger partial charge in [0, 0.05) is 51.7 Å². The molecule has 4 nitrogen and oxygen atoms in total. The number of carbonyl (C=O) groups excluding carboxylic acids is 1. The molecular weight excluding hydrogens is 403 g/mol. The van der Waals surface area contributed by atoms with Crippen LogP contribution in [-0.2, 0) is 17.5 Å². The summed E-state index contributed by atoms with van der Waals surface area (Å²) in [4.78, 5) is 17.2. The van der Waals surface area contributed by atoms with Crippen molar-refractivity contribution >= 4 is 5.91 Å². The Morgan fingerprint density at radius 1 is 0.935 bits per heavy atom. The van der Waals surface area contributed by atoms with Crippen LogP contribution in [0.25, 0.3) is 0 Å². The van der Waals surface area contributed by atoms with E-state index < -0.39 is 11.7 Å². The van der Waals surface area contributed by atoms with Gasteiger partial charge in [-0.1, -0.05) is 42.5 Å². The van der Waals surface area contributed by atoms with Gasteiger partial charge in [-0.2, -0.15) is 13.2 Å². The lowest BCUT2D eigenvalue weighted by Gasteiger charge is -2.34. The van der Waals surface area contributed by atoms with E-state index in [0.717, 1.165) is 57.0 Å². The fourth-order valence-electron chi connectivity index (χ4n) is 4.25. The van der Waals surface area contributed by atoms with Gasteiger partial charge >= 0.3 is 6.18 Å². The van der Waals surface area contributed by atoms with Crippen LogP contribution in [-0.4, -0.2) is 55.0 Å². The number of benzene rings is 2. The van der Waals surface area contributed by atoms with Crippen molar-refractivity contribution in [3.63, 3.8) is 0 Å². The maximum Gasteiger partial charge on any atom is 0.416 e. The van der Waals surface area contributed by atoms with Crippen molar-refractivity contribution in [1.82, 2.24) is 15.1 Å². The van der Waals surface area contributed by atoms with Gasteiger partial charge in [0.25, 0.3) is 0 Å². The van der Waals surface area contributed by atoms with Crippen LogP contribution >= 0.6 is 0 Å². The standard InChI is InChI=1S/C24H28F3N3O/c25-24(26,27)20-8-6-19(7-9-20)21-16-22(21)23(31)28-10-11-29-12-14-30(15-13-29)17-18-4-2-1-3-5-18/h1-9,21-22H,10-17H2,(H,28,31). The molecule has 7 heteroatoms. The first-order valence-corrected chi connectivity index (χ1v) is 10.8. The zero-order valence-corrected chi connectivity index (χ0v) is 17.4. The highest BCUT2D eigenvalue weighted by Crippen LogP contribution is 2.47. The van der Waals surface area contributed by atoms with Crippen molar-refractivity contribution < 1.29 is 18.0 Å². The second kappa shape index (κ2) is 9.40. The van der Waals surface area contributed by atoms with Gasteiger partial charge in [0.15, 0.2) is 0 Å². The smallest absolute Gasteiger partial charge is 0.355 e. The lowest BCUT2D eigenvalue weighted by atomic mass is 10.1. The van der Waals surface area contributed by atoms with E-state index in [-0.39, 0.29) is 17.7 Å². The highest BCUT2D eigenvalue weighted by atomic mass is 19.4. The second-order valence-electron chi connectivity index (χ2n) is 8.46. The minimum Gasteiger partial charge on any atom is -0.355 e. The number of carbonyl (C=O) groups is 1. The molecule has 1 saturated heterocycles. The first kappa shape index (κ1) is 21.8. The SMILES string of the molecule is O=C(NCCN1CCN(Cc2ccccc2)CC1)C1CC1c1ccc(C(F)(F)F)cc1. The van der Waals surface area contributed by atoms with Crippen molar-refractivity contribution in [3.8, 4) is 0 Å². The van der Waals surface area contributed by atoms with E-state index in [4.69, 9.17) is 0 Å². The predicted octanol–water partition coefficient (Wildman–Crippen LogP) is 3.74. The molecule has 166 valence electrons. The van der Waals surface area contributed by atoms with Crippen molar-refractivity contribution in [1.29, 1.82) is 0 Å². The van der Waals surface area contributed by atoms with Crippen LogP contribution in [0.4, 0.5) is 13.2 Å². The van der Waals surface area contributed by atoms with E-state index in [2.05, 4.69) is 39.4 Å². The highest BCUT2D eigenvalue weighted by Gasteiger charge is 2.44. The molecule has 2 aliphatic rings. The zero-order chi connectivity index (χ0) is 21.8. The van der Waals surface area contributed by atoms with Crippen molar-refractivity contribution in [2.24, 2.45) is 5.92 Å². The van der Waals surface area contributed by atoms with E-state index in [1.165, 1.54) is 17.7 Å². The third-order valence-electron chi connectivity index (χ3n) is 6.23. The summed E-state index contributed by atoms with van der Waals surface area (Å²) in [5.41, 5.74) is 1.49. The molecule has 0 aromatic heterocycles. The molecule has 2 aromatic rings. The first-order valence-electron chi connectivity index (χ1n) is 10.8. The van der Waals surface area contributed by atoms with Crippen LogP contribution in [0.1, 0.15) is 29.0 Å². The number of halogens is 3. The number of nitrogens with zero attached hydrogens (tertiary/aromatic N) is 2. The minimum absolute atomic E-state index is 0.00705. The number of rotatable bonds is 7. The van der Waals surface area contributed by atoms with Crippen LogP contribution < -0.4 is 5.32 Å². The van der Waals surface area contributed by atoms with E-state index in [1.807, 2.05) is 6.07 Å². The lowest BCUT2D eigenvalue weighted by Crippen LogP contribution is -2.48. The van der Waals surface area contributed by atoms with Crippen molar-refractivity contribution in [2.75, 3.05) is 39.3 Å². The Bertz CT molecular complexity index is 862. The summed E-state index contributed by atoms with van der Waals surface area (Å²) < 4.78 is 38.0. The fourth-order valence-corrected chi connectivity index (χ4v) is 4.25. The molecule has 2 fully saturated rings. The second-order valence-corrected chi connectivity index (χ2v) is 8.46. The van der Waals surface area contributed by atoms with E-state index >= 15 is 0 Å². The molecule has 1 heterocycles. The minimum atomic E-state index is -4.33. The summed E-state index contributed by atoms with van der Waals surface area (Å²) >= 11 is 0. The molecule has 4 rings (SSSR count). The average molecular weight is 432 g/mol. The Labute approximate surface area is 181 Å². The molecule has 0 spiro atoms. The van der Waals surface area contributed by atoms with Gasteiger partial charge in [-0.15, -0.1) is 0 Å². The largest absolute Gasteiger partial charge is 0.416 e. The molecular formula is C24H28F3N3O. The number of amides is 1. The maximum absolute atomic E-state index is 12.7. The molecule has 0 bridgehead atoms. The average Bonchev–Trinajstić information content (AvgIpc) is 3.56. The lowest BCUT2D eigenvalue weighted by molar-refractivity contribution is -0.137. The Balaban J connectivity index is 1.14. The summed E-state index contributed by atoms with van der Waals surface area (Å²) in [5, 5.41) is 3.00. The predicted molar refractivity (Wildman–Crippen MR) is 113 cm³/mol. The molecule has 1 aliphatic carbocycles. The van der Waals surface area contributed by atoms with E-state index in [0.29, 0.717) is 13.0 Å². The molecule has 2 unspecified atom stereocenters. The maximum atomic E-state index is 12.7. The van der Waals surface area contributed by atoms with Crippen molar-refractivity contribution in [2.45, 2.75) is 25.1 Å². The Morgan fingerprint density at radius 3 is 2.23 bits per heavy atom. The molecule has 1 aliphatic heterocycles. The number of piperazine rings is 1. The molecule has 0 radical (unpaired) electrons. The van der Waals surface area contributed by atoms with E-state index in [1.54, 1.807) is 0 Å². The van der Waals surface area contributed by atoms with Crippen LogP contribution in [0.3, 0.4) is 0 Å². The fraction of sp³-hybridized carbons (Fsp3) is 0.458. The number of nitrogens with one attached hydrogen (secondary N) is 1. The quantitative estimate of drug-likeness (QED) is 0.726. The zero-order valence-electron chi connectivity index (χ0n) is 17.4. The van der Waals surface area contributed by atoms with E-state index in [9.17, 15) is 18.0 Å². The van der Waals surface area contributed by atoms with Gasteiger partial charge in [0.1, 0.15) is 0 Å². The summed E-state index contributed by atoms with van der Waals surface area (Å²) in [6, 6.07) is 15.6. The van der Waals surface area contributed by atoms with Crippen LogP contribution in [0.2, 0.25) is 0 Å². The number of hydrogen-bond donors (Lipinski definition) is 1. The first-order chi connectivity index (χ1) is 14.9. The van der Waals surface area contributed by atoms with Gasteiger partial charge in [0.2, 0.25) is 5.91 Å². The molecule has 1 saturated carbocycles. The summed E-state index contributed by atoms with van der Waals surface area (Å²) in [6.45, 7) is 6.40. The Morgan fingerprint density at radius 2 is 1.58 bits per heavy atom. The molecule has 1 N–H and O–H groups in total. The van der Waals surface area contributed by atoms with Crippen LogP contribution in [0, 0.1) is 5.92 Å². The normalized spacial score (nSPS) is 22.3. The molecule has 2 atom stereocenters. The van der Waals surface area contributed by atoms with Crippen LogP contribution in [0.5, 0.6) is 0 Å². The summed E-state index contributed by atoms with van der Waals surface area (Å²) in [5.74, 6) is -0.0871. The third kappa shape index (κ3) is 5.86. The molecule has 1 amide bonds. The van der Waals surface area contributed by atoms with Gasteiger partial charge in [-0.05, 0) is 35.6 Å². The molecule has 2 aromatic carbocycles. The number of hydrogen-bond acceptors (Lipinski definition) is 3. The van der Waals surface area contributed by atoms with Crippen LogP contribution in [0.15, 0.2) is 54.6 Å². The molecule has 31 heavy (non-hydrogen) atoms. The Hall–Kier alpha value is -2.38. The van der Waals surface area contributed by atoms with Gasteiger partial charge in [-0.25, -0.2) is 0 Å². The Kier molecular flexibility index (Phi) is 6.62. The van der Waals surface area contributed by atoms with Gasteiger partial charge < -0.3 is 5.32 Å². The van der Waals surface area contributed by atoms with Gasteiger partial charge in [0.05, 0.1) is 5.56 Å². The third-order valence-corrected chi connectivity index (χ3v) is 6.23. The van der Waals surface area contributed by atoms with Crippen molar-refractivity contribution in [3.05, 3.63) is 71.3 Å². The summed E-state index contributed by atoms with van der Waals surface area (Å²) in [7, 11) is 0.